The van der Waals surface area contributed by atoms with Gasteiger partial charge in [-0.3, -0.25) is 4.90 Å². The van der Waals surface area contributed by atoms with E-state index < -0.39 is 0 Å². The van der Waals surface area contributed by atoms with Crippen LogP contribution in [-0.2, 0) is 0 Å². The minimum atomic E-state index is 0.927. The molecule has 0 aromatic heterocycles. The lowest BCUT2D eigenvalue weighted by atomic mass is 10.4. The maximum Gasteiger partial charge on any atom is 0.0482 e. The maximum atomic E-state index is 3.64. The lowest BCUT2D eigenvalue weighted by molar-refractivity contribution is 0.316. The molecule has 0 saturated carbocycles. The van der Waals surface area contributed by atoms with E-state index in [9.17, 15) is 0 Å². The summed E-state index contributed by atoms with van der Waals surface area (Å²) in [5.41, 5.74) is 0. The molecule has 0 amide bonds. The second-order valence-corrected chi connectivity index (χ2v) is 2.73. The van der Waals surface area contributed by atoms with Gasteiger partial charge in [0.15, 0.2) is 0 Å². The number of rotatable bonds is 4. The fourth-order valence-electron chi connectivity index (χ4n) is 1.27. The summed E-state index contributed by atoms with van der Waals surface area (Å²) in [6, 6.07) is 0. The highest BCUT2D eigenvalue weighted by Crippen LogP contribution is 2.04. The van der Waals surface area contributed by atoms with Crippen molar-refractivity contribution in [3.8, 4) is 0 Å². The van der Waals surface area contributed by atoms with Crippen LogP contribution in [0.3, 0.4) is 0 Å². The van der Waals surface area contributed by atoms with E-state index in [4.69, 9.17) is 0 Å². The minimum absolute atomic E-state index is 0.927. The summed E-state index contributed by atoms with van der Waals surface area (Å²) in [6.07, 6.45) is 4.64. The van der Waals surface area contributed by atoms with Crippen LogP contribution >= 0.6 is 0 Å². The molecule has 1 rings (SSSR count). The first kappa shape index (κ1) is 7.76. The Morgan fingerprint density at radius 3 is 2.70 bits per heavy atom. The summed E-state index contributed by atoms with van der Waals surface area (Å²) in [6.45, 7) is 8.14. The molecule has 0 bridgehead atoms. The van der Waals surface area contributed by atoms with Crippen LogP contribution in [0.25, 0.3) is 0 Å². The van der Waals surface area contributed by atoms with Gasteiger partial charge in [-0.2, -0.15) is 0 Å². The zero-order chi connectivity index (χ0) is 7.23. The topological polar surface area (TPSA) is 15.3 Å². The van der Waals surface area contributed by atoms with Crippen LogP contribution in [0, 0.1) is 0 Å². The quantitative estimate of drug-likeness (QED) is 0.459. The molecule has 1 heterocycles. The van der Waals surface area contributed by atoms with Crippen LogP contribution in [0.5, 0.6) is 0 Å². The van der Waals surface area contributed by atoms with Gasteiger partial charge in [0.1, 0.15) is 0 Å². The van der Waals surface area contributed by atoms with Crippen LogP contribution in [0.4, 0.5) is 0 Å². The first-order valence-electron chi connectivity index (χ1n) is 3.97. The highest BCUT2D eigenvalue weighted by atomic mass is 15.2. The lowest BCUT2D eigenvalue weighted by Gasteiger charge is -2.13. The normalized spacial score (nSPS) is 19.6. The van der Waals surface area contributed by atoms with Gasteiger partial charge in [-0.05, 0) is 25.9 Å². The Kier molecular flexibility index (Phi) is 3.47. The number of nitrogens with one attached hydrogen (secondary N) is 1. The van der Waals surface area contributed by atoms with Gasteiger partial charge in [-0.15, -0.1) is 6.58 Å². The van der Waals surface area contributed by atoms with Gasteiger partial charge in [-0.1, -0.05) is 6.08 Å². The van der Waals surface area contributed by atoms with Crippen LogP contribution in [-0.4, -0.2) is 31.2 Å². The summed E-state index contributed by atoms with van der Waals surface area (Å²) in [5, 5.41) is 3.28. The van der Waals surface area contributed by atoms with Gasteiger partial charge in [-0.25, -0.2) is 0 Å². The zero-order valence-electron chi connectivity index (χ0n) is 6.47. The molecule has 0 aromatic rings. The van der Waals surface area contributed by atoms with E-state index in [2.05, 4.69) is 16.8 Å². The van der Waals surface area contributed by atoms with Crippen LogP contribution in [0.1, 0.15) is 12.8 Å². The Hall–Kier alpha value is -0.340. The second-order valence-electron chi connectivity index (χ2n) is 2.73. The summed E-state index contributed by atoms with van der Waals surface area (Å²) < 4.78 is 0. The minimum Gasteiger partial charge on any atom is -0.301 e. The van der Waals surface area contributed by atoms with E-state index in [0.29, 0.717) is 0 Å². The van der Waals surface area contributed by atoms with Crippen LogP contribution < -0.4 is 5.32 Å². The average molecular weight is 140 g/mol. The van der Waals surface area contributed by atoms with Gasteiger partial charge in [0, 0.05) is 13.2 Å². The van der Waals surface area contributed by atoms with E-state index in [1.807, 2.05) is 6.08 Å². The molecule has 2 heteroatoms. The zero-order valence-corrected chi connectivity index (χ0v) is 6.47. The van der Waals surface area contributed by atoms with Crippen molar-refractivity contribution >= 4 is 0 Å². The molecule has 0 aliphatic carbocycles. The SMILES string of the molecule is C=CCNCN1CCCC1. The molecular weight excluding hydrogens is 124 g/mol. The van der Waals surface area contributed by atoms with Crippen LogP contribution in [0.15, 0.2) is 12.7 Å². The monoisotopic (exact) mass is 140 g/mol. The molecule has 1 saturated heterocycles. The molecule has 0 atom stereocenters. The molecule has 58 valence electrons. The molecule has 10 heavy (non-hydrogen) atoms. The number of hydrogen-bond donors (Lipinski definition) is 1. The predicted molar refractivity (Wildman–Crippen MR) is 43.9 cm³/mol. The van der Waals surface area contributed by atoms with E-state index >= 15 is 0 Å². The molecular formula is C8H16N2. The third-order valence-corrected chi connectivity index (χ3v) is 1.82. The molecule has 1 aliphatic heterocycles. The molecule has 1 aliphatic rings. The Labute approximate surface area is 62.9 Å². The predicted octanol–water partition coefficient (Wildman–Crippen LogP) is 0.815. The van der Waals surface area contributed by atoms with Gasteiger partial charge in [0.25, 0.3) is 0 Å². The number of nitrogens with zero attached hydrogens (tertiary/aromatic N) is 1. The Morgan fingerprint density at radius 1 is 1.40 bits per heavy atom. The molecule has 1 N–H and O–H groups in total. The number of hydrogen-bond acceptors (Lipinski definition) is 2. The fraction of sp³-hybridized carbons (Fsp3) is 0.750. The van der Waals surface area contributed by atoms with Crippen molar-refractivity contribution in [1.29, 1.82) is 0 Å². The molecule has 0 spiro atoms. The first-order valence-corrected chi connectivity index (χ1v) is 3.97. The summed E-state index contributed by atoms with van der Waals surface area (Å²) >= 11 is 0. The van der Waals surface area contributed by atoms with Gasteiger partial charge < -0.3 is 5.32 Å². The largest absolute Gasteiger partial charge is 0.301 e. The Balaban J connectivity index is 1.96. The summed E-state index contributed by atoms with van der Waals surface area (Å²) in [4.78, 5) is 2.43. The lowest BCUT2D eigenvalue weighted by Crippen LogP contribution is -2.31. The van der Waals surface area contributed by atoms with Crippen molar-refractivity contribution in [2.24, 2.45) is 0 Å². The van der Waals surface area contributed by atoms with E-state index in [-0.39, 0.29) is 0 Å². The Morgan fingerprint density at radius 2 is 2.10 bits per heavy atom. The highest BCUT2D eigenvalue weighted by Gasteiger charge is 2.08. The van der Waals surface area contributed by atoms with Gasteiger partial charge in [0.2, 0.25) is 0 Å². The van der Waals surface area contributed by atoms with Crippen molar-refractivity contribution in [1.82, 2.24) is 10.2 Å². The molecule has 1 fully saturated rings. The molecule has 0 aromatic carbocycles. The van der Waals surface area contributed by atoms with Gasteiger partial charge in [0.05, 0.1) is 0 Å². The van der Waals surface area contributed by atoms with Crippen molar-refractivity contribution in [2.45, 2.75) is 12.8 Å². The molecule has 0 unspecified atom stereocenters. The fourth-order valence-corrected chi connectivity index (χ4v) is 1.27. The molecule has 2 nitrogen and oxygen atoms in total. The van der Waals surface area contributed by atoms with Crippen molar-refractivity contribution < 1.29 is 0 Å². The standard InChI is InChI=1S/C8H16N2/c1-2-5-9-8-10-6-3-4-7-10/h2,9H,1,3-8H2. The maximum absolute atomic E-state index is 3.64. The first-order chi connectivity index (χ1) is 4.93. The second kappa shape index (κ2) is 4.47. The van der Waals surface area contributed by atoms with Crippen molar-refractivity contribution in [2.75, 3.05) is 26.3 Å². The van der Waals surface area contributed by atoms with E-state index in [1.54, 1.807) is 0 Å². The number of likely N-dealkylation sites (tertiary alicyclic amines) is 1. The average Bonchev–Trinajstić information content (AvgIpc) is 2.41. The van der Waals surface area contributed by atoms with Gasteiger partial charge >= 0.3 is 0 Å². The van der Waals surface area contributed by atoms with Crippen LogP contribution in [0.2, 0.25) is 0 Å². The highest BCUT2D eigenvalue weighted by molar-refractivity contribution is 4.71. The molecule has 0 radical (unpaired) electrons. The summed E-state index contributed by atoms with van der Waals surface area (Å²) in [7, 11) is 0. The third kappa shape index (κ3) is 2.50. The van der Waals surface area contributed by atoms with Crippen molar-refractivity contribution in [3.63, 3.8) is 0 Å². The summed E-state index contributed by atoms with van der Waals surface area (Å²) in [5.74, 6) is 0. The Bertz CT molecular complexity index is 95.4. The smallest absolute Gasteiger partial charge is 0.0482 e. The van der Waals surface area contributed by atoms with E-state index in [0.717, 1.165) is 13.2 Å². The third-order valence-electron chi connectivity index (χ3n) is 1.82. The van der Waals surface area contributed by atoms with Crippen molar-refractivity contribution in [3.05, 3.63) is 12.7 Å². The van der Waals surface area contributed by atoms with E-state index in [1.165, 1.54) is 25.9 Å².